The molecule has 172 valence electrons. The second kappa shape index (κ2) is 8.37. The van der Waals surface area contributed by atoms with E-state index < -0.39 is 54.9 Å². The van der Waals surface area contributed by atoms with Crippen LogP contribution in [0.4, 0.5) is 0 Å². The molecule has 9 N–H and O–H groups in total. The van der Waals surface area contributed by atoms with Crippen molar-refractivity contribution in [1.29, 1.82) is 0 Å². The number of aliphatic hydroxyl groups excluding tert-OH is 6. The Balaban J connectivity index is 1.78. The molecule has 1 aromatic rings. The van der Waals surface area contributed by atoms with E-state index in [9.17, 15) is 40.9 Å². The van der Waals surface area contributed by atoms with Crippen molar-refractivity contribution in [3.8, 4) is 11.5 Å². The first-order valence-electron chi connectivity index (χ1n) is 9.68. The zero-order valence-electron chi connectivity index (χ0n) is 16.5. The van der Waals surface area contributed by atoms with Gasteiger partial charge in [0.1, 0.15) is 30.2 Å². The Morgan fingerprint density at radius 3 is 2.38 bits per heavy atom. The fourth-order valence-corrected chi connectivity index (χ4v) is 3.62. The smallest absolute Gasteiger partial charge is 0.309 e. The first kappa shape index (κ1) is 22.0. The van der Waals surface area contributed by atoms with Gasteiger partial charge < -0.3 is 55.1 Å². The van der Waals surface area contributed by atoms with Crippen molar-refractivity contribution in [1.82, 2.24) is 0 Å². The van der Waals surface area contributed by atoms with E-state index in [4.69, 9.17) is 9.47 Å². The summed E-state index contributed by atoms with van der Waals surface area (Å²) in [6.07, 6.45) is -4.56. The lowest BCUT2D eigenvalue weighted by molar-refractivity contribution is -0.291. The molecule has 3 aliphatic rings. The Labute approximate surface area is 181 Å². The van der Waals surface area contributed by atoms with E-state index in [1.807, 2.05) is 0 Å². The number of allylic oxidation sites excluding steroid dienone is 1. The van der Waals surface area contributed by atoms with Crippen LogP contribution < -0.4 is 0 Å². The van der Waals surface area contributed by atoms with Gasteiger partial charge in [-0.3, -0.25) is 0 Å². The zero-order chi connectivity index (χ0) is 23.2. The molecule has 0 spiro atoms. The van der Waals surface area contributed by atoms with Gasteiger partial charge in [0.2, 0.25) is 12.4 Å². The van der Waals surface area contributed by atoms with Crippen LogP contribution in [-0.4, -0.2) is 89.0 Å². The molecule has 1 saturated heterocycles. The maximum absolute atomic E-state index is 10.9. The number of fused-ring (bicyclic) bond motifs is 1. The number of hydrogen-bond acceptors (Lipinski definition) is 10. The quantitative estimate of drug-likeness (QED) is 0.215. The molecule has 1 fully saturated rings. The SMILES string of the molecule is OCC1OC(OC2=C(c3ccc(O)c(O)c3)[OH+]C3C=C(O)C=CC3=C2O)C(O)C(O)C1O. The molecule has 0 bridgehead atoms. The summed E-state index contributed by atoms with van der Waals surface area (Å²) in [6, 6.07) is 3.76. The molecule has 0 saturated carbocycles. The minimum atomic E-state index is -1.74. The highest BCUT2D eigenvalue weighted by atomic mass is 16.7. The molecule has 6 unspecified atom stereocenters. The van der Waals surface area contributed by atoms with Crippen molar-refractivity contribution in [2.45, 2.75) is 36.8 Å². The number of rotatable bonds is 4. The standard InChI is InChI=1S/C21H22O11/c22-7-14-16(27)17(28)18(29)21(31-14)32-20-15(26)10-3-2-9(23)6-13(10)30-19(20)8-1-4-11(24)12(25)5-8/h1-6,13-14,16-18,21-29H,7H2/p+1. The van der Waals surface area contributed by atoms with E-state index in [0.717, 1.165) is 0 Å². The van der Waals surface area contributed by atoms with E-state index in [2.05, 4.69) is 4.74 Å². The number of benzene rings is 1. The molecule has 11 nitrogen and oxygen atoms in total. The third-order valence-corrected chi connectivity index (χ3v) is 5.38. The summed E-state index contributed by atoms with van der Waals surface area (Å²) in [6.45, 7) is -0.672. The molecule has 0 radical (unpaired) electrons. The second-order valence-corrected chi connectivity index (χ2v) is 7.50. The van der Waals surface area contributed by atoms with Gasteiger partial charge in [-0.15, -0.1) is 0 Å². The van der Waals surface area contributed by atoms with Gasteiger partial charge in [0.05, 0.1) is 23.8 Å². The van der Waals surface area contributed by atoms with Gasteiger partial charge in [-0.2, -0.15) is 0 Å². The van der Waals surface area contributed by atoms with E-state index in [1.165, 1.54) is 36.4 Å². The molecule has 1 aromatic carbocycles. The summed E-state index contributed by atoms with van der Waals surface area (Å²) in [4.78, 5) is 0. The van der Waals surface area contributed by atoms with Crippen molar-refractivity contribution in [3.05, 3.63) is 64.8 Å². The highest BCUT2D eigenvalue weighted by Gasteiger charge is 2.47. The Morgan fingerprint density at radius 1 is 0.938 bits per heavy atom. The third-order valence-electron chi connectivity index (χ3n) is 5.38. The van der Waals surface area contributed by atoms with E-state index >= 15 is 0 Å². The van der Waals surface area contributed by atoms with Crippen molar-refractivity contribution in [2.75, 3.05) is 6.61 Å². The Bertz CT molecular complexity index is 1020. The molecule has 1 aliphatic carbocycles. The highest BCUT2D eigenvalue weighted by molar-refractivity contribution is 5.70. The van der Waals surface area contributed by atoms with Gasteiger partial charge in [-0.1, -0.05) is 0 Å². The fraction of sp³-hybridized carbons (Fsp3) is 0.333. The molecule has 6 atom stereocenters. The lowest BCUT2D eigenvalue weighted by Crippen LogP contribution is -2.59. The van der Waals surface area contributed by atoms with Crippen LogP contribution in [0.15, 0.2) is 59.3 Å². The molecule has 2 aliphatic heterocycles. The van der Waals surface area contributed by atoms with Gasteiger partial charge in [0.25, 0.3) is 5.76 Å². The average Bonchev–Trinajstić information content (AvgIpc) is 2.77. The third kappa shape index (κ3) is 3.76. The van der Waals surface area contributed by atoms with E-state index in [1.54, 1.807) is 0 Å². The van der Waals surface area contributed by atoms with Crippen LogP contribution in [-0.2, 0) is 9.47 Å². The fourth-order valence-electron chi connectivity index (χ4n) is 3.62. The van der Waals surface area contributed by atoms with Crippen molar-refractivity contribution >= 4 is 5.76 Å². The average molecular weight is 451 g/mol. The maximum Gasteiger partial charge on any atom is 0.309 e. The maximum atomic E-state index is 10.9. The molecule has 4 rings (SSSR count). The predicted octanol–water partition coefficient (Wildman–Crippen LogP) is -0.683. The number of phenols is 2. The molecule has 2 heterocycles. The predicted molar refractivity (Wildman–Crippen MR) is 107 cm³/mol. The number of aromatic hydroxyl groups is 2. The molecule has 32 heavy (non-hydrogen) atoms. The first-order valence-corrected chi connectivity index (χ1v) is 9.68. The highest BCUT2D eigenvalue weighted by Crippen LogP contribution is 2.39. The van der Waals surface area contributed by atoms with Crippen LogP contribution in [0.5, 0.6) is 11.5 Å². The summed E-state index contributed by atoms with van der Waals surface area (Å²) < 4.78 is 15.5. The number of aliphatic hydroxyl groups is 8. The van der Waals surface area contributed by atoms with Gasteiger partial charge in [-0.25, -0.2) is 0 Å². The first-order chi connectivity index (χ1) is 15.2. The summed E-state index contributed by atoms with van der Waals surface area (Å²) >= 11 is 0. The zero-order valence-corrected chi connectivity index (χ0v) is 16.5. The number of phenolic OH excluding ortho intramolecular Hbond substituents is 2. The van der Waals surface area contributed by atoms with Gasteiger partial charge in [0, 0.05) is 6.07 Å². The second-order valence-electron chi connectivity index (χ2n) is 7.50. The van der Waals surface area contributed by atoms with Crippen molar-refractivity contribution in [2.24, 2.45) is 0 Å². The van der Waals surface area contributed by atoms with Gasteiger partial charge in [0.15, 0.2) is 17.3 Å². The summed E-state index contributed by atoms with van der Waals surface area (Å²) in [5.41, 5.74) is 0.474. The Morgan fingerprint density at radius 2 is 1.69 bits per heavy atom. The van der Waals surface area contributed by atoms with Crippen LogP contribution in [0.2, 0.25) is 0 Å². The number of ether oxygens (including phenoxy) is 3. The molecule has 11 heteroatoms. The molecular weight excluding hydrogens is 428 g/mol. The summed E-state index contributed by atoms with van der Waals surface area (Å²) in [5.74, 6) is -1.65. The Kier molecular flexibility index (Phi) is 5.75. The Hall–Kier alpha value is -3.22. The molecule has 0 aromatic heterocycles. The van der Waals surface area contributed by atoms with Crippen LogP contribution in [0.1, 0.15) is 5.56 Å². The van der Waals surface area contributed by atoms with Crippen LogP contribution in [0, 0.1) is 0 Å². The topological polar surface area (TPSA) is 193 Å². The van der Waals surface area contributed by atoms with Crippen molar-refractivity contribution < 1.29 is 55.1 Å². The van der Waals surface area contributed by atoms with Crippen LogP contribution in [0.25, 0.3) is 5.76 Å². The minimum absolute atomic E-state index is 0.0112. The largest absolute Gasteiger partial charge is 0.571 e. The molecular formula is C21H23O11+. The van der Waals surface area contributed by atoms with Gasteiger partial charge >= 0.3 is 5.76 Å². The normalized spacial score (nSPS) is 32.3. The van der Waals surface area contributed by atoms with E-state index in [-0.39, 0.29) is 34.2 Å². The van der Waals surface area contributed by atoms with Crippen LogP contribution in [0.3, 0.4) is 0 Å². The van der Waals surface area contributed by atoms with Crippen molar-refractivity contribution in [3.63, 3.8) is 0 Å². The van der Waals surface area contributed by atoms with E-state index in [0.29, 0.717) is 0 Å². The monoisotopic (exact) mass is 451 g/mol. The number of hydrogen-bond donors (Lipinski definition) is 8. The lowest BCUT2D eigenvalue weighted by atomic mass is 9.97. The minimum Gasteiger partial charge on any atom is -0.571 e. The summed E-state index contributed by atoms with van der Waals surface area (Å²) in [5, 5.41) is 80.0. The molecule has 0 amide bonds. The lowest BCUT2D eigenvalue weighted by Gasteiger charge is -2.40. The van der Waals surface area contributed by atoms with Gasteiger partial charge in [-0.05, 0) is 24.3 Å². The summed E-state index contributed by atoms with van der Waals surface area (Å²) in [7, 11) is 0. The van der Waals surface area contributed by atoms with Crippen LogP contribution >= 0.6 is 0 Å².